The second-order valence-electron chi connectivity index (χ2n) is 3.57. The number of pyridine rings is 1. The van der Waals surface area contributed by atoms with Crippen molar-refractivity contribution >= 4 is 11.9 Å². The number of carbonyl (C=O) groups excluding carboxylic acids is 1. The molecule has 0 saturated carbocycles. The van der Waals surface area contributed by atoms with Crippen LogP contribution < -0.4 is 5.32 Å². The van der Waals surface area contributed by atoms with Gasteiger partial charge in [0.1, 0.15) is 5.69 Å². The van der Waals surface area contributed by atoms with Crippen LogP contribution in [0, 0.1) is 6.92 Å². The number of aryl methyl sites for hydroxylation is 1. The highest BCUT2D eigenvalue weighted by Gasteiger charge is 2.14. The molecule has 92 valence electrons. The molecule has 1 atom stereocenters. The second-order valence-corrected chi connectivity index (χ2v) is 3.57. The number of carbonyl (C=O) groups is 2. The Balaban J connectivity index is 2.46. The number of hydrogen-bond acceptors (Lipinski definition) is 4. The van der Waals surface area contributed by atoms with E-state index in [4.69, 9.17) is 10.2 Å². The molecule has 0 unspecified atom stereocenters. The van der Waals surface area contributed by atoms with Gasteiger partial charge in [-0.2, -0.15) is 0 Å². The average molecular weight is 238 g/mol. The highest BCUT2D eigenvalue weighted by atomic mass is 16.4. The molecule has 6 nitrogen and oxygen atoms in total. The lowest BCUT2D eigenvalue weighted by molar-refractivity contribution is -0.146. The Labute approximate surface area is 98.3 Å². The van der Waals surface area contributed by atoms with Crippen LogP contribution in [0.2, 0.25) is 0 Å². The van der Waals surface area contributed by atoms with Gasteiger partial charge in [-0.25, -0.2) is 4.79 Å². The van der Waals surface area contributed by atoms with Crippen LogP contribution in [0.5, 0.6) is 0 Å². The van der Waals surface area contributed by atoms with Gasteiger partial charge in [0, 0.05) is 19.2 Å². The van der Waals surface area contributed by atoms with Crippen LogP contribution >= 0.6 is 0 Å². The Morgan fingerprint density at radius 1 is 1.53 bits per heavy atom. The Kier molecular flexibility index (Phi) is 4.59. The second kappa shape index (κ2) is 5.95. The molecule has 0 radical (unpaired) electrons. The summed E-state index contributed by atoms with van der Waals surface area (Å²) in [5, 5.41) is 19.9. The standard InChI is InChI=1S/C11H14N2O4/c1-7-3-2-5-12-9(7)10(15)13-6-4-8(14)11(16)17/h2-3,5,8,14H,4,6H2,1H3,(H,13,15)(H,16,17)/t8-/m0/s1. The summed E-state index contributed by atoms with van der Waals surface area (Å²) < 4.78 is 0. The van der Waals surface area contributed by atoms with Crippen LogP contribution in [0.25, 0.3) is 0 Å². The minimum absolute atomic E-state index is 0.0348. The molecule has 0 spiro atoms. The largest absolute Gasteiger partial charge is 0.479 e. The smallest absolute Gasteiger partial charge is 0.332 e. The van der Waals surface area contributed by atoms with Crippen LogP contribution in [-0.2, 0) is 4.79 Å². The number of aliphatic carboxylic acids is 1. The van der Waals surface area contributed by atoms with E-state index in [1.807, 2.05) is 0 Å². The number of aliphatic hydroxyl groups is 1. The van der Waals surface area contributed by atoms with Crippen molar-refractivity contribution in [2.75, 3.05) is 6.54 Å². The molecule has 3 N–H and O–H groups in total. The molecule has 0 aliphatic rings. The molecule has 1 amide bonds. The molecule has 1 heterocycles. The van der Waals surface area contributed by atoms with Crippen molar-refractivity contribution in [3.05, 3.63) is 29.6 Å². The van der Waals surface area contributed by atoms with E-state index in [0.29, 0.717) is 5.69 Å². The lowest BCUT2D eigenvalue weighted by atomic mass is 10.2. The number of rotatable bonds is 5. The topological polar surface area (TPSA) is 99.5 Å². The first-order valence-corrected chi connectivity index (χ1v) is 5.13. The molecule has 1 aromatic heterocycles. The first kappa shape index (κ1) is 13.1. The summed E-state index contributed by atoms with van der Waals surface area (Å²) in [5.41, 5.74) is 1.04. The molecule has 0 bridgehead atoms. The fourth-order valence-electron chi connectivity index (χ4n) is 1.25. The normalized spacial score (nSPS) is 11.9. The van der Waals surface area contributed by atoms with Gasteiger partial charge in [0.15, 0.2) is 6.10 Å². The van der Waals surface area contributed by atoms with E-state index >= 15 is 0 Å². The third-order valence-electron chi connectivity index (χ3n) is 2.21. The van der Waals surface area contributed by atoms with Gasteiger partial charge >= 0.3 is 5.97 Å². The zero-order valence-corrected chi connectivity index (χ0v) is 9.38. The number of aromatic nitrogens is 1. The van der Waals surface area contributed by atoms with Gasteiger partial charge in [-0.15, -0.1) is 0 Å². The van der Waals surface area contributed by atoms with Crippen LogP contribution in [0.15, 0.2) is 18.3 Å². The molecule has 0 saturated heterocycles. The molecule has 0 fully saturated rings. The Hall–Kier alpha value is -1.95. The van der Waals surface area contributed by atoms with E-state index in [-0.39, 0.29) is 18.9 Å². The van der Waals surface area contributed by atoms with Gasteiger partial charge in [0.05, 0.1) is 0 Å². The number of carboxylic acids is 1. The first-order chi connectivity index (χ1) is 8.02. The molecular formula is C11H14N2O4. The maximum absolute atomic E-state index is 11.6. The number of amides is 1. The van der Waals surface area contributed by atoms with Gasteiger partial charge in [0.25, 0.3) is 5.91 Å². The summed E-state index contributed by atoms with van der Waals surface area (Å²) in [6, 6.07) is 3.48. The van der Waals surface area contributed by atoms with Crippen molar-refractivity contribution < 1.29 is 19.8 Å². The number of hydrogen-bond donors (Lipinski definition) is 3. The summed E-state index contributed by atoms with van der Waals surface area (Å²) in [7, 11) is 0. The third-order valence-corrected chi connectivity index (χ3v) is 2.21. The molecule has 6 heteroatoms. The number of nitrogens with zero attached hydrogens (tertiary/aromatic N) is 1. The molecule has 0 aliphatic carbocycles. The van der Waals surface area contributed by atoms with Crippen LogP contribution in [0.3, 0.4) is 0 Å². The molecule has 1 aromatic rings. The SMILES string of the molecule is Cc1cccnc1C(=O)NCC[C@H](O)C(=O)O. The maximum Gasteiger partial charge on any atom is 0.332 e. The van der Waals surface area contributed by atoms with Gasteiger partial charge in [-0.3, -0.25) is 9.78 Å². The van der Waals surface area contributed by atoms with Crippen molar-refractivity contribution in [1.82, 2.24) is 10.3 Å². The Bertz CT molecular complexity index is 420. The van der Waals surface area contributed by atoms with Crippen molar-refractivity contribution in [2.45, 2.75) is 19.4 Å². The monoisotopic (exact) mass is 238 g/mol. The molecule has 17 heavy (non-hydrogen) atoms. The maximum atomic E-state index is 11.6. The fourth-order valence-corrected chi connectivity index (χ4v) is 1.25. The van der Waals surface area contributed by atoms with Crippen molar-refractivity contribution in [2.24, 2.45) is 0 Å². The molecule has 0 aromatic carbocycles. The van der Waals surface area contributed by atoms with Crippen molar-refractivity contribution in [3.8, 4) is 0 Å². The average Bonchev–Trinajstić information content (AvgIpc) is 2.29. The lowest BCUT2D eigenvalue weighted by Crippen LogP contribution is -2.30. The third kappa shape index (κ3) is 3.84. The highest BCUT2D eigenvalue weighted by molar-refractivity contribution is 5.93. The lowest BCUT2D eigenvalue weighted by Gasteiger charge is -2.08. The van der Waals surface area contributed by atoms with Crippen LogP contribution in [0.4, 0.5) is 0 Å². The molecular weight excluding hydrogens is 224 g/mol. The van der Waals surface area contributed by atoms with Gasteiger partial charge in [0.2, 0.25) is 0 Å². The van der Waals surface area contributed by atoms with E-state index in [1.54, 1.807) is 19.1 Å². The minimum atomic E-state index is -1.46. The van der Waals surface area contributed by atoms with Crippen molar-refractivity contribution in [1.29, 1.82) is 0 Å². The molecule has 0 aliphatic heterocycles. The van der Waals surface area contributed by atoms with Crippen LogP contribution in [-0.4, -0.2) is 39.7 Å². The van der Waals surface area contributed by atoms with Crippen LogP contribution in [0.1, 0.15) is 22.5 Å². The van der Waals surface area contributed by atoms with Gasteiger partial charge < -0.3 is 15.5 Å². The Morgan fingerprint density at radius 2 is 2.24 bits per heavy atom. The van der Waals surface area contributed by atoms with E-state index in [1.165, 1.54) is 6.20 Å². The summed E-state index contributed by atoms with van der Waals surface area (Å²) >= 11 is 0. The predicted octanol–water partition coefficient (Wildman–Crippen LogP) is -0.0446. The van der Waals surface area contributed by atoms with Gasteiger partial charge in [-0.1, -0.05) is 6.07 Å². The number of carboxylic acid groups (broad SMARTS) is 1. The molecule has 1 rings (SSSR count). The first-order valence-electron chi connectivity index (χ1n) is 5.13. The predicted molar refractivity (Wildman–Crippen MR) is 59.6 cm³/mol. The summed E-state index contributed by atoms with van der Waals surface area (Å²) in [4.78, 5) is 25.9. The Morgan fingerprint density at radius 3 is 2.82 bits per heavy atom. The fraction of sp³-hybridized carbons (Fsp3) is 0.364. The van der Waals surface area contributed by atoms with E-state index in [2.05, 4.69) is 10.3 Å². The van der Waals surface area contributed by atoms with Crippen molar-refractivity contribution in [3.63, 3.8) is 0 Å². The number of nitrogens with one attached hydrogen (secondary N) is 1. The summed E-state index contributed by atoms with van der Waals surface area (Å²) in [6.07, 6.45) is 0.0150. The van der Waals surface area contributed by atoms with E-state index in [9.17, 15) is 9.59 Å². The number of aliphatic hydroxyl groups excluding tert-OH is 1. The van der Waals surface area contributed by atoms with E-state index < -0.39 is 12.1 Å². The zero-order chi connectivity index (χ0) is 12.8. The summed E-state index contributed by atoms with van der Waals surface area (Å²) in [6.45, 7) is 1.84. The van der Waals surface area contributed by atoms with E-state index in [0.717, 1.165) is 5.56 Å². The summed E-state index contributed by atoms with van der Waals surface area (Å²) in [5.74, 6) is -1.67. The quantitative estimate of drug-likeness (QED) is 0.668. The minimum Gasteiger partial charge on any atom is -0.479 e. The zero-order valence-electron chi connectivity index (χ0n) is 9.38. The highest BCUT2D eigenvalue weighted by Crippen LogP contribution is 2.02. The van der Waals surface area contributed by atoms with Gasteiger partial charge in [-0.05, 0) is 18.6 Å².